The largest absolute Gasteiger partial charge is 0.469 e. The van der Waals surface area contributed by atoms with Gasteiger partial charge in [-0.05, 0) is 45.6 Å². The summed E-state index contributed by atoms with van der Waals surface area (Å²) in [5, 5.41) is 3.38. The minimum atomic E-state index is -0.431. The minimum Gasteiger partial charge on any atom is -0.469 e. The molecule has 1 N–H and O–H groups in total. The van der Waals surface area contributed by atoms with Gasteiger partial charge in [0.25, 0.3) is 0 Å². The summed E-state index contributed by atoms with van der Waals surface area (Å²) >= 11 is 0. The fourth-order valence-electron chi connectivity index (χ4n) is 1.98. The van der Waals surface area contributed by atoms with Crippen LogP contribution in [0.1, 0.15) is 33.1 Å². The summed E-state index contributed by atoms with van der Waals surface area (Å²) in [4.78, 5) is 11.4. The lowest BCUT2D eigenvalue weighted by atomic mass is 9.91. The van der Waals surface area contributed by atoms with Crippen molar-refractivity contribution in [3.05, 3.63) is 12.2 Å². The average molecular weight is 225 g/mol. The fraction of sp³-hybridized carbons (Fsp3) is 0.769. The molecule has 0 aromatic heterocycles. The maximum Gasteiger partial charge on any atom is 0.312 e. The van der Waals surface area contributed by atoms with Crippen LogP contribution < -0.4 is 5.32 Å². The Kier molecular flexibility index (Phi) is 5.00. The molecule has 0 spiro atoms. The van der Waals surface area contributed by atoms with Crippen molar-refractivity contribution < 1.29 is 9.53 Å². The highest BCUT2D eigenvalue weighted by Crippen LogP contribution is 2.19. The van der Waals surface area contributed by atoms with Crippen LogP contribution in [0, 0.1) is 11.3 Å². The standard InChI is InChI=1S/C13H23NO2/c1-13(2,12(15)16-3)10-14-9-11-7-5-4-6-8-11/h4-5,11,14H,6-10H2,1-3H3. The van der Waals surface area contributed by atoms with Crippen molar-refractivity contribution in [2.45, 2.75) is 33.1 Å². The van der Waals surface area contributed by atoms with Gasteiger partial charge < -0.3 is 10.1 Å². The summed E-state index contributed by atoms with van der Waals surface area (Å²) < 4.78 is 4.77. The van der Waals surface area contributed by atoms with Crippen LogP contribution in [0.3, 0.4) is 0 Å². The molecule has 0 aliphatic heterocycles. The van der Waals surface area contributed by atoms with Gasteiger partial charge in [-0.1, -0.05) is 12.2 Å². The number of esters is 1. The molecule has 3 nitrogen and oxygen atoms in total. The van der Waals surface area contributed by atoms with Crippen LogP contribution in [0.15, 0.2) is 12.2 Å². The summed E-state index contributed by atoms with van der Waals surface area (Å²) in [5.74, 6) is 0.571. The molecule has 1 unspecified atom stereocenters. The van der Waals surface area contributed by atoms with Gasteiger partial charge in [0.2, 0.25) is 0 Å². The normalized spacial score (nSPS) is 20.8. The van der Waals surface area contributed by atoms with E-state index in [-0.39, 0.29) is 5.97 Å². The van der Waals surface area contributed by atoms with Gasteiger partial charge in [-0.2, -0.15) is 0 Å². The van der Waals surface area contributed by atoms with E-state index in [1.807, 2.05) is 13.8 Å². The predicted octanol–water partition coefficient (Wildman–Crippen LogP) is 2.13. The maximum atomic E-state index is 11.4. The first-order chi connectivity index (χ1) is 7.56. The third kappa shape index (κ3) is 3.97. The lowest BCUT2D eigenvalue weighted by Crippen LogP contribution is -2.38. The number of ether oxygens (including phenoxy) is 1. The van der Waals surface area contributed by atoms with E-state index >= 15 is 0 Å². The minimum absolute atomic E-state index is 0.150. The van der Waals surface area contributed by atoms with Gasteiger partial charge in [-0.3, -0.25) is 4.79 Å². The van der Waals surface area contributed by atoms with Gasteiger partial charge in [-0.25, -0.2) is 0 Å². The van der Waals surface area contributed by atoms with Gasteiger partial charge in [-0.15, -0.1) is 0 Å². The second-order valence-electron chi connectivity index (χ2n) is 5.16. The van der Waals surface area contributed by atoms with Crippen LogP contribution in [0.5, 0.6) is 0 Å². The third-order valence-corrected chi connectivity index (χ3v) is 3.12. The average Bonchev–Trinajstić information content (AvgIpc) is 2.29. The molecule has 0 fully saturated rings. The van der Waals surface area contributed by atoms with E-state index in [2.05, 4.69) is 17.5 Å². The molecule has 1 aliphatic rings. The molecule has 0 saturated heterocycles. The van der Waals surface area contributed by atoms with E-state index < -0.39 is 5.41 Å². The van der Waals surface area contributed by atoms with Crippen LogP contribution >= 0.6 is 0 Å². The maximum absolute atomic E-state index is 11.4. The van der Waals surface area contributed by atoms with Crippen LogP contribution in [-0.4, -0.2) is 26.2 Å². The Morgan fingerprint density at radius 3 is 2.81 bits per heavy atom. The van der Waals surface area contributed by atoms with Crippen molar-refractivity contribution in [2.24, 2.45) is 11.3 Å². The first-order valence-electron chi connectivity index (χ1n) is 6.00. The fourth-order valence-corrected chi connectivity index (χ4v) is 1.98. The highest BCUT2D eigenvalue weighted by Gasteiger charge is 2.28. The molecule has 0 saturated carbocycles. The van der Waals surface area contributed by atoms with E-state index in [1.54, 1.807) is 0 Å². The number of allylic oxidation sites excluding steroid dienone is 2. The Morgan fingerprint density at radius 2 is 2.25 bits per heavy atom. The molecule has 0 aromatic carbocycles. The second-order valence-corrected chi connectivity index (χ2v) is 5.16. The molecule has 1 rings (SSSR count). The van der Waals surface area contributed by atoms with Crippen molar-refractivity contribution in [3.63, 3.8) is 0 Å². The highest BCUT2D eigenvalue weighted by molar-refractivity contribution is 5.76. The quantitative estimate of drug-likeness (QED) is 0.575. The van der Waals surface area contributed by atoms with Crippen molar-refractivity contribution in [1.82, 2.24) is 5.32 Å². The number of hydrogen-bond acceptors (Lipinski definition) is 3. The second kappa shape index (κ2) is 6.04. The van der Waals surface area contributed by atoms with Crippen LogP contribution in [0.4, 0.5) is 0 Å². The molecule has 16 heavy (non-hydrogen) atoms. The molecule has 92 valence electrons. The van der Waals surface area contributed by atoms with Crippen LogP contribution in [0.2, 0.25) is 0 Å². The summed E-state index contributed by atoms with van der Waals surface area (Å²) in [5.41, 5.74) is -0.431. The third-order valence-electron chi connectivity index (χ3n) is 3.12. The topological polar surface area (TPSA) is 38.3 Å². The number of hydrogen-bond donors (Lipinski definition) is 1. The molecule has 0 radical (unpaired) electrons. The zero-order chi connectivity index (χ0) is 12.0. The van der Waals surface area contributed by atoms with Crippen molar-refractivity contribution in [2.75, 3.05) is 20.2 Å². The monoisotopic (exact) mass is 225 g/mol. The van der Waals surface area contributed by atoms with E-state index in [0.29, 0.717) is 6.54 Å². The molecule has 3 heteroatoms. The summed E-state index contributed by atoms with van der Waals surface area (Å²) in [6.07, 6.45) is 8.09. The Labute approximate surface area is 98.2 Å². The zero-order valence-corrected chi connectivity index (χ0v) is 10.6. The van der Waals surface area contributed by atoms with Crippen LogP contribution in [-0.2, 0) is 9.53 Å². The molecule has 0 amide bonds. The van der Waals surface area contributed by atoms with Gasteiger partial charge in [0, 0.05) is 6.54 Å². The van der Waals surface area contributed by atoms with Gasteiger partial charge in [0.15, 0.2) is 0 Å². The van der Waals surface area contributed by atoms with E-state index in [1.165, 1.54) is 20.0 Å². The number of carbonyl (C=O) groups is 1. The SMILES string of the molecule is COC(=O)C(C)(C)CNCC1CC=CCC1. The Hall–Kier alpha value is -0.830. The summed E-state index contributed by atoms with van der Waals surface area (Å²) in [7, 11) is 1.44. The molecule has 0 bridgehead atoms. The molecular weight excluding hydrogens is 202 g/mol. The lowest BCUT2D eigenvalue weighted by Gasteiger charge is -2.24. The molecule has 0 aromatic rings. The van der Waals surface area contributed by atoms with Gasteiger partial charge >= 0.3 is 5.97 Å². The number of carbonyl (C=O) groups excluding carboxylic acids is 1. The van der Waals surface area contributed by atoms with Crippen molar-refractivity contribution >= 4 is 5.97 Å². The molecule has 1 atom stereocenters. The van der Waals surface area contributed by atoms with Crippen molar-refractivity contribution in [1.29, 1.82) is 0 Å². The molecule has 1 aliphatic carbocycles. The van der Waals surface area contributed by atoms with E-state index in [4.69, 9.17) is 4.74 Å². The number of nitrogens with one attached hydrogen (secondary N) is 1. The van der Waals surface area contributed by atoms with Gasteiger partial charge in [0.1, 0.15) is 0 Å². The van der Waals surface area contributed by atoms with Crippen LogP contribution in [0.25, 0.3) is 0 Å². The number of methoxy groups -OCH3 is 1. The Bertz CT molecular complexity index is 259. The van der Waals surface area contributed by atoms with Gasteiger partial charge in [0.05, 0.1) is 12.5 Å². The van der Waals surface area contributed by atoms with E-state index in [9.17, 15) is 4.79 Å². The zero-order valence-electron chi connectivity index (χ0n) is 10.6. The summed E-state index contributed by atoms with van der Waals surface area (Å²) in [6, 6.07) is 0. The number of rotatable bonds is 5. The van der Waals surface area contributed by atoms with E-state index in [0.717, 1.165) is 18.9 Å². The highest BCUT2D eigenvalue weighted by atomic mass is 16.5. The Morgan fingerprint density at radius 1 is 1.50 bits per heavy atom. The molecular formula is C13H23NO2. The predicted molar refractivity (Wildman–Crippen MR) is 65.1 cm³/mol. The van der Waals surface area contributed by atoms with Crippen molar-refractivity contribution in [3.8, 4) is 0 Å². The smallest absolute Gasteiger partial charge is 0.312 e. The molecule has 0 heterocycles. The Balaban J connectivity index is 2.23. The first kappa shape index (κ1) is 13.2. The first-order valence-corrected chi connectivity index (χ1v) is 6.00. The summed E-state index contributed by atoms with van der Waals surface area (Å²) in [6.45, 7) is 5.49. The lowest BCUT2D eigenvalue weighted by molar-refractivity contribution is -0.150.